The summed E-state index contributed by atoms with van der Waals surface area (Å²) in [4.78, 5) is 10.9. The first-order valence-electron chi connectivity index (χ1n) is 6.79. The van der Waals surface area contributed by atoms with Crippen LogP contribution in [0.1, 0.15) is 19.4 Å². The number of ether oxygens (including phenoxy) is 1. The smallest absolute Gasteiger partial charge is 0.333 e. The zero-order chi connectivity index (χ0) is 15.2. The van der Waals surface area contributed by atoms with Crippen molar-refractivity contribution in [3.05, 3.63) is 50.7 Å². The van der Waals surface area contributed by atoms with E-state index in [0.29, 0.717) is 18.0 Å². The maximum absolute atomic E-state index is 11.3. The molecule has 0 saturated heterocycles. The van der Waals surface area contributed by atoms with Gasteiger partial charge in [0.2, 0.25) is 0 Å². The van der Waals surface area contributed by atoms with Gasteiger partial charge in [-0.25, -0.2) is 0 Å². The third kappa shape index (κ3) is 3.95. The van der Waals surface area contributed by atoms with Crippen LogP contribution in [-0.4, -0.2) is 17.6 Å². The highest BCUT2D eigenvalue weighted by atomic mass is 32.1. The minimum atomic E-state index is -0.398. The molecule has 0 aliphatic carbocycles. The van der Waals surface area contributed by atoms with Crippen molar-refractivity contribution in [2.24, 2.45) is 0 Å². The maximum atomic E-state index is 11.3. The normalized spacial score (nSPS) is 11.9. The Morgan fingerprint density at radius 1 is 1.43 bits per heavy atom. The first kappa shape index (κ1) is 15.3. The molecule has 0 aliphatic rings. The number of nitro groups is 1. The van der Waals surface area contributed by atoms with E-state index in [2.05, 4.69) is 16.8 Å². The number of anilines is 1. The number of nitro benzene ring substituents is 1. The predicted molar refractivity (Wildman–Crippen MR) is 85.4 cm³/mol. The highest BCUT2D eigenvalue weighted by molar-refractivity contribution is 7.07. The Kier molecular flexibility index (Phi) is 5.16. The van der Waals surface area contributed by atoms with Gasteiger partial charge in [0, 0.05) is 6.04 Å². The first-order chi connectivity index (χ1) is 10.1. The van der Waals surface area contributed by atoms with Gasteiger partial charge in [-0.1, -0.05) is 6.07 Å². The van der Waals surface area contributed by atoms with Crippen molar-refractivity contribution in [1.82, 2.24) is 0 Å². The van der Waals surface area contributed by atoms with Crippen molar-refractivity contribution in [3.8, 4) is 5.75 Å². The summed E-state index contributed by atoms with van der Waals surface area (Å²) in [5, 5.41) is 18.6. The lowest BCUT2D eigenvalue weighted by Crippen LogP contribution is -2.18. The SMILES string of the molecule is CCOc1cccc(NC(C)Cc2ccsc2)c1[N+](=O)[O-]. The van der Waals surface area contributed by atoms with E-state index in [1.165, 1.54) is 5.56 Å². The number of hydrogen-bond donors (Lipinski definition) is 1. The summed E-state index contributed by atoms with van der Waals surface area (Å²) in [7, 11) is 0. The van der Waals surface area contributed by atoms with Crippen molar-refractivity contribution in [3.63, 3.8) is 0 Å². The van der Waals surface area contributed by atoms with E-state index in [4.69, 9.17) is 4.74 Å². The molecule has 1 aromatic heterocycles. The van der Waals surface area contributed by atoms with Gasteiger partial charge in [-0.2, -0.15) is 11.3 Å². The molecule has 0 amide bonds. The third-order valence-electron chi connectivity index (χ3n) is 3.01. The molecule has 1 heterocycles. The molecule has 1 aromatic carbocycles. The Hall–Kier alpha value is -2.08. The molecular weight excluding hydrogens is 288 g/mol. The predicted octanol–water partition coefficient (Wildman–Crippen LogP) is 4.10. The van der Waals surface area contributed by atoms with E-state index in [1.807, 2.05) is 19.2 Å². The Morgan fingerprint density at radius 2 is 2.24 bits per heavy atom. The van der Waals surface area contributed by atoms with Crippen molar-refractivity contribution < 1.29 is 9.66 Å². The fourth-order valence-corrected chi connectivity index (χ4v) is 2.86. The molecule has 112 valence electrons. The lowest BCUT2D eigenvalue weighted by molar-refractivity contribution is -0.385. The van der Waals surface area contributed by atoms with Crippen LogP contribution in [0.3, 0.4) is 0 Å². The third-order valence-corrected chi connectivity index (χ3v) is 3.74. The average molecular weight is 306 g/mol. The summed E-state index contributed by atoms with van der Waals surface area (Å²) in [5.41, 5.74) is 1.72. The van der Waals surface area contributed by atoms with Gasteiger partial charge >= 0.3 is 5.69 Å². The number of thiophene rings is 1. The molecule has 0 aliphatic heterocycles. The van der Waals surface area contributed by atoms with Crippen molar-refractivity contribution >= 4 is 22.7 Å². The summed E-state index contributed by atoms with van der Waals surface area (Å²) in [5.74, 6) is 0.301. The number of para-hydroxylation sites is 1. The summed E-state index contributed by atoms with van der Waals surface area (Å²) in [6, 6.07) is 7.25. The van der Waals surface area contributed by atoms with Gasteiger partial charge in [0.25, 0.3) is 0 Å². The molecular formula is C15H18N2O3S. The van der Waals surface area contributed by atoms with Crippen LogP contribution in [-0.2, 0) is 6.42 Å². The second kappa shape index (κ2) is 7.08. The van der Waals surface area contributed by atoms with Crippen LogP contribution in [0.25, 0.3) is 0 Å². The maximum Gasteiger partial charge on any atom is 0.333 e. The van der Waals surface area contributed by atoms with Gasteiger partial charge < -0.3 is 10.1 Å². The van der Waals surface area contributed by atoms with E-state index in [-0.39, 0.29) is 11.7 Å². The lowest BCUT2D eigenvalue weighted by Gasteiger charge is -2.16. The fourth-order valence-electron chi connectivity index (χ4n) is 2.18. The summed E-state index contributed by atoms with van der Waals surface area (Å²) < 4.78 is 5.35. The molecule has 1 atom stereocenters. The lowest BCUT2D eigenvalue weighted by atomic mass is 10.1. The fraction of sp³-hybridized carbons (Fsp3) is 0.333. The Morgan fingerprint density at radius 3 is 2.86 bits per heavy atom. The molecule has 6 heteroatoms. The molecule has 1 N–H and O–H groups in total. The molecule has 5 nitrogen and oxygen atoms in total. The molecule has 2 aromatic rings. The van der Waals surface area contributed by atoms with Crippen LogP contribution in [0.5, 0.6) is 5.75 Å². The Balaban J connectivity index is 2.18. The number of nitrogens with one attached hydrogen (secondary N) is 1. The molecule has 21 heavy (non-hydrogen) atoms. The number of nitrogens with zero attached hydrogens (tertiary/aromatic N) is 1. The molecule has 0 spiro atoms. The summed E-state index contributed by atoms with van der Waals surface area (Å²) in [6.45, 7) is 4.21. The van der Waals surface area contributed by atoms with Gasteiger partial charge in [0.1, 0.15) is 5.69 Å². The highest BCUT2D eigenvalue weighted by Gasteiger charge is 2.21. The summed E-state index contributed by atoms with van der Waals surface area (Å²) >= 11 is 1.65. The van der Waals surface area contributed by atoms with Crippen LogP contribution in [0.4, 0.5) is 11.4 Å². The van der Waals surface area contributed by atoms with Gasteiger partial charge in [0.15, 0.2) is 5.75 Å². The monoisotopic (exact) mass is 306 g/mol. The van der Waals surface area contributed by atoms with Gasteiger partial charge in [-0.05, 0) is 54.8 Å². The molecule has 0 fully saturated rings. The van der Waals surface area contributed by atoms with E-state index in [1.54, 1.807) is 29.5 Å². The van der Waals surface area contributed by atoms with Crippen LogP contribution < -0.4 is 10.1 Å². The minimum absolute atomic E-state index is 0.00322. The second-order valence-electron chi connectivity index (χ2n) is 4.72. The van der Waals surface area contributed by atoms with Crippen LogP contribution in [0.2, 0.25) is 0 Å². The van der Waals surface area contributed by atoms with Gasteiger partial charge in [-0.3, -0.25) is 10.1 Å². The van der Waals surface area contributed by atoms with Crippen molar-refractivity contribution in [1.29, 1.82) is 0 Å². The Bertz CT molecular complexity index is 599. The molecule has 2 rings (SSSR count). The van der Waals surface area contributed by atoms with Gasteiger partial charge in [0.05, 0.1) is 11.5 Å². The molecule has 0 saturated carbocycles. The van der Waals surface area contributed by atoms with E-state index in [0.717, 1.165) is 6.42 Å². The zero-order valence-electron chi connectivity index (χ0n) is 12.0. The first-order valence-corrected chi connectivity index (χ1v) is 7.74. The van der Waals surface area contributed by atoms with Gasteiger partial charge in [-0.15, -0.1) is 0 Å². The average Bonchev–Trinajstić information content (AvgIpc) is 2.91. The number of hydrogen-bond acceptors (Lipinski definition) is 5. The largest absolute Gasteiger partial charge is 0.487 e. The quantitative estimate of drug-likeness (QED) is 0.618. The van der Waals surface area contributed by atoms with Crippen LogP contribution in [0.15, 0.2) is 35.0 Å². The minimum Gasteiger partial charge on any atom is -0.487 e. The van der Waals surface area contributed by atoms with Crippen molar-refractivity contribution in [2.75, 3.05) is 11.9 Å². The van der Waals surface area contributed by atoms with Crippen LogP contribution >= 0.6 is 11.3 Å². The van der Waals surface area contributed by atoms with E-state index in [9.17, 15) is 10.1 Å². The highest BCUT2D eigenvalue weighted by Crippen LogP contribution is 2.35. The van der Waals surface area contributed by atoms with Crippen LogP contribution in [0, 0.1) is 10.1 Å². The second-order valence-corrected chi connectivity index (χ2v) is 5.50. The number of rotatable bonds is 7. The van der Waals surface area contributed by atoms with E-state index >= 15 is 0 Å². The zero-order valence-corrected chi connectivity index (χ0v) is 12.9. The Labute approximate surface area is 127 Å². The topological polar surface area (TPSA) is 64.4 Å². The number of benzene rings is 1. The van der Waals surface area contributed by atoms with Crippen molar-refractivity contribution in [2.45, 2.75) is 26.3 Å². The molecule has 0 radical (unpaired) electrons. The summed E-state index contributed by atoms with van der Waals surface area (Å²) in [6.07, 6.45) is 0.819. The van der Waals surface area contributed by atoms with E-state index < -0.39 is 4.92 Å². The standard InChI is InChI=1S/C15H18N2O3S/c1-3-20-14-6-4-5-13(15(14)17(18)19)16-11(2)9-12-7-8-21-10-12/h4-8,10-11,16H,3,9H2,1-2H3. The molecule has 0 bridgehead atoms. The molecule has 1 unspecified atom stereocenters.